The van der Waals surface area contributed by atoms with Gasteiger partial charge in [-0.2, -0.15) is 0 Å². The van der Waals surface area contributed by atoms with Crippen LogP contribution in [0.1, 0.15) is 40.6 Å². The maximum atomic E-state index is 13.2. The van der Waals surface area contributed by atoms with E-state index in [1.54, 1.807) is 6.92 Å². The summed E-state index contributed by atoms with van der Waals surface area (Å²) >= 11 is 0. The van der Waals surface area contributed by atoms with Crippen molar-refractivity contribution in [2.45, 2.75) is 38.0 Å². The highest BCUT2D eigenvalue weighted by molar-refractivity contribution is 5.93. The highest BCUT2D eigenvalue weighted by atomic mass is 16.6. The molecule has 0 saturated carbocycles. The van der Waals surface area contributed by atoms with Crippen LogP contribution in [0.4, 0.5) is 0 Å². The molecule has 3 heterocycles. The number of benzene rings is 1. The lowest BCUT2D eigenvalue weighted by Gasteiger charge is -2.43. The van der Waals surface area contributed by atoms with Crippen molar-refractivity contribution in [2.75, 3.05) is 32.8 Å². The Labute approximate surface area is 164 Å². The molecule has 1 aromatic carbocycles. The monoisotopic (exact) mass is 386 g/mol. The van der Waals surface area contributed by atoms with E-state index in [-0.39, 0.29) is 29.9 Å². The fourth-order valence-corrected chi connectivity index (χ4v) is 4.08. The number of ether oxygens (including phenoxy) is 1. The predicted molar refractivity (Wildman–Crippen MR) is 101 cm³/mol. The van der Waals surface area contributed by atoms with Crippen LogP contribution in [0.2, 0.25) is 0 Å². The van der Waals surface area contributed by atoms with Crippen LogP contribution in [0.3, 0.4) is 0 Å². The van der Waals surface area contributed by atoms with Gasteiger partial charge in [-0.05, 0) is 30.5 Å². The molecule has 0 bridgehead atoms. The van der Waals surface area contributed by atoms with Gasteiger partial charge >= 0.3 is 0 Å². The first-order valence-electron chi connectivity index (χ1n) is 9.80. The summed E-state index contributed by atoms with van der Waals surface area (Å²) in [5, 5.41) is 17.3. The third-order valence-corrected chi connectivity index (χ3v) is 5.60. The molecule has 2 aliphatic rings. The molecule has 4 rings (SSSR count). The minimum absolute atomic E-state index is 0.157. The van der Waals surface area contributed by atoms with Gasteiger partial charge in [-0.1, -0.05) is 35.5 Å². The number of carbonyl (C=O) groups excluding carboxylic acids is 1. The molecule has 1 aromatic heterocycles. The highest BCUT2D eigenvalue weighted by Gasteiger charge is 2.39. The van der Waals surface area contributed by atoms with Crippen molar-refractivity contribution in [3.05, 3.63) is 47.3 Å². The zero-order valence-corrected chi connectivity index (χ0v) is 16.0. The fraction of sp³-hybridized carbons (Fsp3) is 0.550. The third kappa shape index (κ3) is 3.94. The van der Waals surface area contributed by atoms with Gasteiger partial charge < -0.3 is 19.6 Å². The Balaban J connectivity index is 1.60. The minimum atomic E-state index is -0.217. The van der Waals surface area contributed by atoms with Gasteiger partial charge in [0, 0.05) is 26.2 Å². The van der Waals surface area contributed by atoms with E-state index in [9.17, 15) is 9.90 Å². The Morgan fingerprint density at radius 1 is 1.18 bits per heavy atom. The van der Waals surface area contributed by atoms with E-state index in [4.69, 9.17) is 9.37 Å². The van der Waals surface area contributed by atoms with Crippen LogP contribution < -0.4 is 0 Å². The number of nitrogens with zero attached hydrogens (tertiary/aromatic N) is 4. The number of aromatic nitrogens is 2. The average molecular weight is 386 g/mol. The molecule has 28 heavy (non-hydrogen) atoms. The second kappa shape index (κ2) is 8.38. The number of likely N-dealkylation sites (tertiary alicyclic amines) is 1. The molecule has 0 radical (unpaired) electrons. The molecule has 2 atom stereocenters. The molecule has 2 aliphatic heterocycles. The first kappa shape index (κ1) is 19.0. The molecule has 0 unspecified atom stereocenters. The van der Waals surface area contributed by atoms with E-state index < -0.39 is 0 Å². The van der Waals surface area contributed by atoms with E-state index in [1.807, 2.05) is 35.2 Å². The van der Waals surface area contributed by atoms with Crippen LogP contribution in [0, 0.1) is 6.92 Å². The third-order valence-electron chi connectivity index (χ3n) is 5.60. The molecule has 150 valence electrons. The van der Waals surface area contributed by atoms with E-state index in [1.165, 1.54) is 0 Å². The number of aryl methyl sites for hydroxylation is 1. The quantitative estimate of drug-likeness (QED) is 0.849. The van der Waals surface area contributed by atoms with Gasteiger partial charge in [-0.15, -0.1) is 0 Å². The van der Waals surface area contributed by atoms with Gasteiger partial charge in [-0.3, -0.25) is 4.79 Å². The lowest BCUT2D eigenvalue weighted by molar-refractivity contribution is -0.0772. The van der Waals surface area contributed by atoms with Gasteiger partial charge in [0.05, 0.1) is 24.9 Å². The molecule has 2 aromatic rings. The van der Waals surface area contributed by atoms with Crippen molar-refractivity contribution < 1.29 is 19.3 Å². The van der Waals surface area contributed by atoms with Crippen LogP contribution in [0.5, 0.6) is 0 Å². The van der Waals surface area contributed by atoms with Crippen molar-refractivity contribution in [2.24, 2.45) is 0 Å². The first-order chi connectivity index (χ1) is 13.6. The summed E-state index contributed by atoms with van der Waals surface area (Å²) in [6.45, 7) is 5.07. The van der Waals surface area contributed by atoms with E-state index >= 15 is 0 Å². The fourth-order valence-electron chi connectivity index (χ4n) is 4.08. The zero-order chi connectivity index (χ0) is 19.5. The molecule has 8 nitrogen and oxygen atoms in total. The van der Waals surface area contributed by atoms with Gasteiger partial charge in [0.2, 0.25) is 0 Å². The molecule has 0 spiro atoms. The van der Waals surface area contributed by atoms with Crippen molar-refractivity contribution in [1.29, 1.82) is 0 Å². The summed E-state index contributed by atoms with van der Waals surface area (Å²) in [4.78, 5) is 17.3. The molecule has 8 heteroatoms. The zero-order valence-electron chi connectivity index (χ0n) is 16.0. The van der Waals surface area contributed by atoms with E-state index in [0.717, 1.165) is 31.5 Å². The minimum Gasteiger partial charge on any atom is -0.393 e. The average Bonchev–Trinajstić information content (AvgIpc) is 3.15. The molecular formula is C20H26N4O4. The number of piperidine rings is 1. The second-order valence-electron chi connectivity index (χ2n) is 7.49. The molecule has 2 saturated heterocycles. The Morgan fingerprint density at radius 2 is 1.93 bits per heavy atom. The highest BCUT2D eigenvalue weighted by Crippen LogP contribution is 2.32. The van der Waals surface area contributed by atoms with Crippen LogP contribution in [-0.4, -0.2) is 76.1 Å². The molecule has 0 aliphatic carbocycles. The molecular weight excluding hydrogens is 360 g/mol. The SMILES string of the molecule is Cc1nonc1C(=O)N1CCO[C@@H](CN2CCC(O)CC2)[C@@H]1c1ccccc1. The smallest absolute Gasteiger partial charge is 0.278 e. The van der Waals surface area contributed by atoms with Crippen molar-refractivity contribution >= 4 is 5.91 Å². The maximum absolute atomic E-state index is 13.2. The lowest BCUT2D eigenvalue weighted by Crippen LogP contribution is -2.53. The van der Waals surface area contributed by atoms with Gasteiger partial charge in [-0.25, -0.2) is 4.63 Å². The van der Waals surface area contributed by atoms with Crippen LogP contribution in [-0.2, 0) is 4.74 Å². The predicted octanol–water partition coefficient (Wildman–Crippen LogP) is 1.42. The maximum Gasteiger partial charge on any atom is 0.278 e. The van der Waals surface area contributed by atoms with Gasteiger partial charge in [0.25, 0.3) is 5.91 Å². The van der Waals surface area contributed by atoms with E-state index in [0.29, 0.717) is 25.4 Å². The van der Waals surface area contributed by atoms with E-state index in [2.05, 4.69) is 15.2 Å². The first-order valence-corrected chi connectivity index (χ1v) is 9.80. The van der Waals surface area contributed by atoms with Crippen LogP contribution in [0.15, 0.2) is 35.0 Å². The number of amides is 1. The standard InChI is InChI=1S/C20H26N4O4/c1-14-18(22-28-21-14)20(26)24-11-12-27-17(13-23-9-7-16(25)8-10-23)19(24)15-5-3-2-4-6-15/h2-6,16-17,19,25H,7-13H2,1H3/t17-,19-/m0/s1. The Kier molecular flexibility index (Phi) is 5.70. The number of aliphatic hydroxyl groups is 1. The van der Waals surface area contributed by atoms with Crippen molar-refractivity contribution in [3.63, 3.8) is 0 Å². The number of carbonyl (C=O) groups is 1. The lowest BCUT2D eigenvalue weighted by atomic mass is 9.96. The summed E-state index contributed by atoms with van der Waals surface area (Å²) in [5.74, 6) is -0.185. The summed E-state index contributed by atoms with van der Waals surface area (Å²) in [5.41, 5.74) is 1.78. The molecule has 2 fully saturated rings. The Hall–Kier alpha value is -2.29. The van der Waals surface area contributed by atoms with Crippen molar-refractivity contribution in [3.8, 4) is 0 Å². The van der Waals surface area contributed by atoms with Gasteiger partial charge in [0.1, 0.15) is 5.69 Å². The molecule has 1 N–H and O–H groups in total. The number of aliphatic hydroxyl groups excluding tert-OH is 1. The summed E-state index contributed by atoms with van der Waals surface area (Å²) in [7, 11) is 0. The van der Waals surface area contributed by atoms with Crippen LogP contribution >= 0.6 is 0 Å². The largest absolute Gasteiger partial charge is 0.393 e. The summed E-state index contributed by atoms with van der Waals surface area (Å²) < 4.78 is 10.9. The number of hydrogen-bond donors (Lipinski definition) is 1. The molecule has 1 amide bonds. The normalized spacial score (nSPS) is 24.4. The Bertz CT molecular complexity index is 789. The Morgan fingerprint density at radius 3 is 2.61 bits per heavy atom. The number of hydrogen-bond acceptors (Lipinski definition) is 7. The summed E-state index contributed by atoms with van der Waals surface area (Å²) in [6, 6.07) is 9.76. The number of rotatable bonds is 4. The summed E-state index contributed by atoms with van der Waals surface area (Å²) in [6.07, 6.45) is 1.18. The second-order valence-corrected chi connectivity index (χ2v) is 7.49. The topological polar surface area (TPSA) is 91.9 Å². The van der Waals surface area contributed by atoms with Gasteiger partial charge in [0.15, 0.2) is 5.69 Å². The number of morpholine rings is 1. The van der Waals surface area contributed by atoms with Crippen LogP contribution in [0.25, 0.3) is 0 Å². The van der Waals surface area contributed by atoms with Crippen molar-refractivity contribution in [1.82, 2.24) is 20.1 Å².